The number of hydrogen-bond donors (Lipinski definition) is 1. The Morgan fingerprint density at radius 1 is 1.19 bits per heavy atom. The van der Waals surface area contributed by atoms with Gasteiger partial charge in [0.25, 0.3) is 5.91 Å². The fourth-order valence-corrected chi connectivity index (χ4v) is 2.32. The van der Waals surface area contributed by atoms with Gasteiger partial charge in [-0.15, -0.1) is 11.3 Å². The molecule has 1 amide bonds. The van der Waals surface area contributed by atoms with E-state index in [1.807, 2.05) is 18.2 Å². The molecule has 5 nitrogen and oxygen atoms in total. The number of para-hydroxylation sites is 1. The first-order valence-electron chi connectivity index (χ1n) is 6.30. The van der Waals surface area contributed by atoms with E-state index in [-0.39, 0.29) is 19.1 Å². The Hall–Kier alpha value is -2.34. The van der Waals surface area contributed by atoms with Gasteiger partial charge in [0.05, 0.1) is 12.0 Å². The van der Waals surface area contributed by atoms with Crippen LogP contribution < -0.4 is 10.1 Å². The van der Waals surface area contributed by atoms with Crippen molar-refractivity contribution in [2.24, 2.45) is 0 Å². The van der Waals surface area contributed by atoms with Crippen molar-refractivity contribution in [3.05, 3.63) is 52.2 Å². The molecule has 0 aliphatic carbocycles. The highest BCUT2D eigenvalue weighted by Crippen LogP contribution is 2.17. The standard InChI is InChI=1S/C15H15NO4S/c1-19-12-6-3-2-5-11(12)10-20-14(17)9-16-15(18)13-7-4-8-21-13/h2-8H,9-10H2,1H3,(H,16,18). The second kappa shape index (κ2) is 7.44. The smallest absolute Gasteiger partial charge is 0.325 e. The lowest BCUT2D eigenvalue weighted by atomic mass is 10.2. The summed E-state index contributed by atoms with van der Waals surface area (Å²) in [4.78, 5) is 23.8. The number of benzene rings is 1. The molecule has 0 aliphatic heterocycles. The molecular formula is C15H15NO4S. The van der Waals surface area contributed by atoms with Gasteiger partial charge in [0, 0.05) is 5.56 Å². The van der Waals surface area contributed by atoms with Gasteiger partial charge in [-0.2, -0.15) is 0 Å². The molecule has 0 spiro atoms. The van der Waals surface area contributed by atoms with Crippen LogP contribution in [0, 0.1) is 0 Å². The molecule has 0 radical (unpaired) electrons. The van der Waals surface area contributed by atoms with Gasteiger partial charge in [-0.3, -0.25) is 9.59 Å². The number of rotatable bonds is 6. The topological polar surface area (TPSA) is 64.6 Å². The Balaban J connectivity index is 1.78. The highest BCUT2D eigenvalue weighted by atomic mass is 32.1. The average molecular weight is 305 g/mol. The zero-order valence-corrected chi connectivity index (χ0v) is 12.3. The third kappa shape index (κ3) is 4.32. The minimum absolute atomic E-state index is 0.109. The largest absolute Gasteiger partial charge is 0.496 e. The predicted molar refractivity (Wildman–Crippen MR) is 79.4 cm³/mol. The van der Waals surface area contributed by atoms with Crippen LogP contribution in [0.15, 0.2) is 41.8 Å². The van der Waals surface area contributed by atoms with Gasteiger partial charge in [-0.1, -0.05) is 24.3 Å². The molecule has 2 rings (SSSR count). The van der Waals surface area contributed by atoms with Crippen molar-refractivity contribution in [3.8, 4) is 5.75 Å². The summed E-state index contributed by atoms with van der Waals surface area (Å²) in [5, 5.41) is 4.32. The predicted octanol–water partition coefficient (Wildman–Crippen LogP) is 2.23. The van der Waals surface area contributed by atoms with Crippen LogP contribution >= 0.6 is 11.3 Å². The average Bonchev–Trinajstić information content (AvgIpc) is 3.05. The maximum absolute atomic E-state index is 11.7. The van der Waals surface area contributed by atoms with Gasteiger partial charge in [0.15, 0.2) is 0 Å². The zero-order chi connectivity index (χ0) is 15.1. The summed E-state index contributed by atoms with van der Waals surface area (Å²) in [5.41, 5.74) is 0.776. The van der Waals surface area contributed by atoms with E-state index in [2.05, 4.69) is 5.32 Å². The molecule has 0 saturated carbocycles. The molecule has 1 N–H and O–H groups in total. The second-order valence-electron chi connectivity index (χ2n) is 4.13. The van der Waals surface area contributed by atoms with Gasteiger partial charge < -0.3 is 14.8 Å². The van der Waals surface area contributed by atoms with Crippen LogP contribution in [0.25, 0.3) is 0 Å². The Morgan fingerprint density at radius 2 is 2.00 bits per heavy atom. The third-order valence-electron chi connectivity index (χ3n) is 2.72. The molecule has 21 heavy (non-hydrogen) atoms. The first kappa shape index (κ1) is 15.1. The number of carbonyl (C=O) groups excluding carboxylic acids is 2. The molecule has 1 aromatic carbocycles. The van der Waals surface area contributed by atoms with E-state index in [1.54, 1.807) is 30.7 Å². The fraction of sp³-hybridized carbons (Fsp3) is 0.200. The summed E-state index contributed by atoms with van der Waals surface area (Å²) in [6.45, 7) is -0.0520. The minimum atomic E-state index is -0.495. The first-order valence-corrected chi connectivity index (χ1v) is 7.18. The van der Waals surface area contributed by atoms with Gasteiger partial charge >= 0.3 is 5.97 Å². The normalized spacial score (nSPS) is 9.95. The number of esters is 1. The van der Waals surface area contributed by atoms with Gasteiger partial charge in [0.1, 0.15) is 18.9 Å². The number of carbonyl (C=O) groups is 2. The molecule has 0 unspecified atom stereocenters. The molecular weight excluding hydrogens is 290 g/mol. The van der Waals surface area contributed by atoms with E-state index in [4.69, 9.17) is 9.47 Å². The molecule has 2 aromatic rings. The van der Waals surface area contributed by atoms with Crippen LogP contribution in [0.1, 0.15) is 15.2 Å². The number of ether oxygens (including phenoxy) is 2. The SMILES string of the molecule is COc1ccccc1COC(=O)CNC(=O)c1cccs1. The number of hydrogen-bond acceptors (Lipinski definition) is 5. The van der Waals surface area contributed by atoms with Crippen molar-refractivity contribution in [3.63, 3.8) is 0 Å². The third-order valence-corrected chi connectivity index (χ3v) is 3.59. The van der Waals surface area contributed by atoms with Crippen molar-refractivity contribution in [2.75, 3.05) is 13.7 Å². The molecule has 0 aliphatic rings. The Kier molecular flexibility index (Phi) is 5.34. The van der Waals surface area contributed by atoms with Crippen LogP contribution in [-0.2, 0) is 16.1 Å². The van der Waals surface area contributed by atoms with Gasteiger partial charge in [-0.25, -0.2) is 0 Å². The number of thiophene rings is 1. The van der Waals surface area contributed by atoms with Crippen LogP contribution in [0.5, 0.6) is 5.75 Å². The van der Waals surface area contributed by atoms with Crippen LogP contribution in [0.3, 0.4) is 0 Å². The van der Waals surface area contributed by atoms with Crippen LogP contribution in [0.4, 0.5) is 0 Å². The van der Waals surface area contributed by atoms with Crippen LogP contribution in [-0.4, -0.2) is 25.5 Å². The van der Waals surface area contributed by atoms with Crippen molar-refractivity contribution < 1.29 is 19.1 Å². The van der Waals surface area contributed by atoms with E-state index < -0.39 is 5.97 Å². The molecule has 0 saturated heterocycles. The lowest BCUT2D eigenvalue weighted by molar-refractivity contribution is -0.143. The summed E-state index contributed by atoms with van der Waals surface area (Å²) in [6, 6.07) is 10.8. The zero-order valence-electron chi connectivity index (χ0n) is 11.5. The molecule has 1 heterocycles. The summed E-state index contributed by atoms with van der Waals surface area (Å²) < 4.78 is 10.3. The van der Waals surface area contributed by atoms with Crippen molar-refractivity contribution in [1.29, 1.82) is 0 Å². The van der Waals surface area contributed by atoms with E-state index in [0.717, 1.165) is 5.56 Å². The minimum Gasteiger partial charge on any atom is -0.496 e. The lowest BCUT2D eigenvalue weighted by Gasteiger charge is -2.09. The van der Waals surface area contributed by atoms with E-state index in [1.165, 1.54) is 11.3 Å². The molecule has 6 heteroatoms. The van der Waals surface area contributed by atoms with Crippen molar-refractivity contribution in [2.45, 2.75) is 6.61 Å². The molecule has 0 fully saturated rings. The quantitative estimate of drug-likeness (QED) is 0.831. The first-order chi connectivity index (χ1) is 10.2. The van der Waals surface area contributed by atoms with E-state index >= 15 is 0 Å². The monoisotopic (exact) mass is 305 g/mol. The fourth-order valence-electron chi connectivity index (χ4n) is 1.68. The highest BCUT2D eigenvalue weighted by molar-refractivity contribution is 7.12. The summed E-state index contributed by atoms with van der Waals surface area (Å²) >= 11 is 1.32. The number of nitrogens with one attached hydrogen (secondary N) is 1. The van der Waals surface area contributed by atoms with Crippen molar-refractivity contribution >= 4 is 23.2 Å². The molecule has 1 aromatic heterocycles. The molecule has 110 valence electrons. The van der Waals surface area contributed by atoms with Gasteiger partial charge in [0.2, 0.25) is 0 Å². The number of methoxy groups -OCH3 is 1. The van der Waals surface area contributed by atoms with E-state index in [0.29, 0.717) is 10.6 Å². The number of amides is 1. The summed E-state index contributed by atoms with van der Waals surface area (Å²) in [7, 11) is 1.56. The maximum Gasteiger partial charge on any atom is 0.325 e. The lowest BCUT2D eigenvalue weighted by Crippen LogP contribution is -2.30. The Labute approximate surface area is 126 Å². The second-order valence-corrected chi connectivity index (χ2v) is 5.08. The maximum atomic E-state index is 11.7. The summed E-state index contributed by atoms with van der Waals surface area (Å²) in [6.07, 6.45) is 0. The Bertz CT molecular complexity index is 610. The highest BCUT2D eigenvalue weighted by Gasteiger charge is 2.10. The van der Waals surface area contributed by atoms with Crippen molar-refractivity contribution in [1.82, 2.24) is 5.32 Å². The summed E-state index contributed by atoms with van der Waals surface area (Å²) in [5.74, 6) is -0.113. The van der Waals surface area contributed by atoms with Crippen LogP contribution in [0.2, 0.25) is 0 Å². The molecule has 0 atom stereocenters. The molecule has 0 bridgehead atoms. The van der Waals surface area contributed by atoms with Gasteiger partial charge in [-0.05, 0) is 17.5 Å². The Morgan fingerprint density at radius 3 is 2.71 bits per heavy atom. The van der Waals surface area contributed by atoms with E-state index in [9.17, 15) is 9.59 Å².